The molecule has 2 N–H and O–H groups in total. The van der Waals surface area contributed by atoms with Crippen LogP contribution in [-0.2, 0) is 0 Å². The molecule has 4 nitrogen and oxygen atoms in total. The highest BCUT2D eigenvalue weighted by molar-refractivity contribution is 6.06. The van der Waals surface area contributed by atoms with E-state index in [1.54, 1.807) is 0 Å². The van der Waals surface area contributed by atoms with E-state index in [2.05, 4.69) is 64.4 Å². The third-order valence-electron chi connectivity index (χ3n) is 3.99. The van der Waals surface area contributed by atoms with Gasteiger partial charge in [-0.25, -0.2) is 4.98 Å². The van der Waals surface area contributed by atoms with Gasteiger partial charge in [0.25, 0.3) is 0 Å². The van der Waals surface area contributed by atoms with Gasteiger partial charge in [-0.2, -0.15) is 0 Å². The topological polar surface area (TPSA) is 44.0 Å². The number of pyridine rings is 1. The lowest BCUT2D eigenvalue weighted by Crippen LogP contribution is -2.28. The fourth-order valence-electron chi connectivity index (χ4n) is 2.71. The zero-order chi connectivity index (χ0) is 14.7. The molecular weight excluding hydrogens is 260 g/mol. The van der Waals surface area contributed by atoms with E-state index >= 15 is 0 Å². The highest BCUT2D eigenvalue weighted by Crippen LogP contribution is 2.24. The number of nitrogens with zero attached hydrogens (tertiary/aromatic N) is 2. The Labute approximate surface area is 125 Å². The maximum Gasteiger partial charge on any atom is 0.140 e. The van der Waals surface area contributed by atoms with E-state index in [9.17, 15) is 0 Å². The summed E-state index contributed by atoms with van der Waals surface area (Å²) in [5.41, 5.74) is 2.09. The molecule has 3 aromatic rings. The van der Waals surface area contributed by atoms with Gasteiger partial charge in [-0.3, -0.25) is 0 Å². The first-order valence-corrected chi connectivity index (χ1v) is 7.65. The first-order chi connectivity index (χ1) is 10.3. The SMILES string of the molecule is CCN(CC)CCNc1ccc2c(n1)[nH]c1ccccc12. The van der Waals surface area contributed by atoms with Gasteiger partial charge in [0.05, 0.1) is 0 Å². The van der Waals surface area contributed by atoms with Crippen LogP contribution in [0.15, 0.2) is 36.4 Å². The number of fused-ring (bicyclic) bond motifs is 3. The Morgan fingerprint density at radius 1 is 1.05 bits per heavy atom. The van der Waals surface area contributed by atoms with Crippen LogP contribution < -0.4 is 5.32 Å². The van der Waals surface area contributed by atoms with Crippen molar-refractivity contribution in [1.82, 2.24) is 14.9 Å². The largest absolute Gasteiger partial charge is 0.369 e. The summed E-state index contributed by atoms with van der Waals surface area (Å²) in [7, 11) is 0. The van der Waals surface area contributed by atoms with Gasteiger partial charge < -0.3 is 15.2 Å². The Morgan fingerprint density at radius 2 is 1.86 bits per heavy atom. The summed E-state index contributed by atoms with van der Waals surface area (Å²) in [6, 6.07) is 12.5. The first kappa shape index (κ1) is 13.9. The van der Waals surface area contributed by atoms with Crippen molar-refractivity contribution < 1.29 is 0 Å². The maximum absolute atomic E-state index is 4.68. The quantitative estimate of drug-likeness (QED) is 0.727. The molecule has 2 aromatic heterocycles. The van der Waals surface area contributed by atoms with Gasteiger partial charge in [0.15, 0.2) is 0 Å². The molecule has 0 aliphatic carbocycles. The molecule has 110 valence electrons. The molecule has 0 saturated heterocycles. The molecule has 0 unspecified atom stereocenters. The van der Waals surface area contributed by atoms with E-state index in [0.717, 1.165) is 43.2 Å². The monoisotopic (exact) mass is 282 g/mol. The number of para-hydroxylation sites is 1. The lowest BCUT2D eigenvalue weighted by atomic mass is 10.2. The molecule has 0 atom stereocenters. The Balaban J connectivity index is 1.77. The molecule has 0 bridgehead atoms. The van der Waals surface area contributed by atoms with E-state index in [0.29, 0.717) is 0 Å². The minimum Gasteiger partial charge on any atom is -0.369 e. The van der Waals surface area contributed by atoms with Crippen molar-refractivity contribution in [1.29, 1.82) is 0 Å². The minimum absolute atomic E-state index is 0.917. The minimum atomic E-state index is 0.917. The summed E-state index contributed by atoms with van der Waals surface area (Å²) in [4.78, 5) is 10.5. The molecule has 4 heteroatoms. The van der Waals surface area contributed by atoms with Gasteiger partial charge in [0.1, 0.15) is 11.5 Å². The van der Waals surface area contributed by atoms with Gasteiger partial charge in [0, 0.05) is 29.4 Å². The Bertz CT molecular complexity index is 728. The first-order valence-electron chi connectivity index (χ1n) is 7.65. The number of rotatable bonds is 6. The average molecular weight is 282 g/mol. The molecule has 1 aromatic carbocycles. The van der Waals surface area contributed by atoms with Gasteiger partial charge in [-0.05, 0) is 31.3 Å². The van der Waals surface area contributed by atoms with Crippen molar-refractivity contribution >= 4 is 27.8 Å². The number of aromatic nitrogens is 2. The van der Waals surface area contributed by atoms with Crippen LogP contribution >= 0.6 is 0 Å². The predicted octanol–water partition coefficient (Wildman–Crippen LogP) is 3.47. The smallest absolute Gasteiger partial charge is 0.140 e. The van der Waals surface area contributed by atoms with Crippen molar-refractivity contribution in [3.8, 4) is 0 Å². The van der Waals surface area contributed by atoms with Crippen molar-refractivity contribution in [3.63, 3.8) is 0 Å². The molecule has 2 heterocycles. The number of hydrogen-bond acceptors (Lipinski definition) is 3. The van der Waals surface area contributed by atoms with Gasteiger partial charge in [-0.15, -0.1) is 0 Å². The van der Waals surface area contributed by atoms with Crippen molar-refractivity contribution in [2.45, 2.75) is 13.8 Å². The summed E-state index contributed by atoms with van der Waals surface area (Å²) < 4.78 is 0. The number of anilines is 1. The average Bonchev–Trinajstić information content (AvgIpc) is 2.89. The van der Waals surface area contributed by atoms with Crippen LogP contribution in [0.2, 0.25) is 0 Å². The molecule has 3 rings (SSSR count). The van der Waals surface area contributed by atoms with E-state index < -0.39 is 0 Å². The molecule has 0 aliphatic heterocycles. The molecule has 0 saturated carbocycles. The second-order valence-corrected chi connectivity index (χ2v) is 5.22. The lowest BCUT2D eigenvalue weighted by molar-refractivity contribution is 0.316. The van der Waals surface area contributed by atoms with E-state index in [1.807, 2.05) is 6.07 Å². The lowest BCUT2D eigenvalue weighted by Gasteiger charge is -2.18. The van der Waals surface area contributed by atoms with Crippen LogP contribution in [0.25, 0.3) is 21.9 Å². The second-order valence-electron chi connectivity index (χ2n) is 5.22. The summed E-state index contributed by atoms with van der Waals surface area (Å²) in [5, 5.41) is 5.82. The number of benzene rings is 1. The molecule has 0 radical (unpaired) electrons. The highest BCUT2D eigenvalue weighted by Gasteiger charge is 2.05. The number of nitrogens with one attached hydrogen (secondary N) is 2. The van der Waals surface area contributed by atoms with Crippen LogP contribution in [-0.4, -0.2) is 41.0 Å². The molecule has 0 spiro atoms. The van der Waals surface area contributed by atoms with E-state index in [1.165, 1.54) is 10.8 Å². The zero-order valence-electron chi connectivity index (χ0n) is 12.7. The number of aromatic amines is 1. The highest BCUT2D eigenvalue weighted by atomic mass is 15.1. The summed E-state index contributed by atoms with van der Waals surface area (Å²) >= 11 is 0. The third kappa shape index (κ3) is 2.85. The number of likely N-dealkylation sites (N-methyl/N-ethyl adjacent to an activating group) is 1. The summed E-state index contributed by atoms with van der Waals surface area (Å²) in [5.74, 6) is 0.932. The maximum atomic E-state index is 4.68. The molecule has 0 fully saturated rings. The molecule has 21 heavy (non-hydrogen) atoms. The van der Waals surface area contributed by atoms with E-state index in [-0.39, 0.29) is 0 Å². The van der Waals surface area contributed by atoms with Crippen molar-refractivity contribution in [2.75, 3.05) is 31.5 Å². The van der Waals surface area contributed by atoms with Crippen molar-refractivity contribution in [3.05, 3.63) is 36.4 Å². The predicted molar refractivity (Wildman–Crippen MR) is 89.9 cm³/mol. The molecule has 0 aliphatic rings. The fourth-order valence-corrected chi connectivity index (χ4v) is 2.71. The number of hydrogen-bond donors (Lipinski definition) is 2. The van der Waals surface area contributed by atoms with Gasteiger partial charge in [0.2, 0.25) is 0 Å². The van der Waals surface area contributed by atoms with E-state index in [4.69, 9.17) is 0 Å². The fraction of sp³-hybridized carbons (Fsp3) is 0.353. The summed E-state index contributed by atoms with van der Waals surface area (Å²) in [6.07, 6.45) is 0. The van der Waals surface area contributed by atoms with Gasteiger partial charge in [-0.1, -0.05) is 32.0 Å². The normalized spacial score (nSPS) is 11.6. The zero-order valence-corrected chi connectivity index (χ0v) is 12.7. The Morgan fingerprint density at radius 3 is 2.67 bits per heavy atom. The van der Waals surface area contributed by atoms with Crippen LogP contribution in [0, 0.1) is 0 Å². The number of H-pyrrole nitrogens is 1. The van der Waals surface area contributed by atoms with Crippen LogP contribution in [0.5, 0.6) is 0 Å². The third-order valence-corrected chi connectivity index (χ3v) is 3.99. The summed E-state index contributed by atoms with van der Waals surface area (Å²) in [6.45, 7) is 8.52. The van der Waals surface area contributed by atoms with Gasteiger partial charge >= 0.3 is 0 Å². The van der Waals surface area contributed by atoms with Crippen LogP contribution in [0.3, 0.4) is 0 Å². The van der Waals surface area contributed by atoms with Crippen molar-refractivity contribution in [2.24, 2.45) is 0 Å². The van der Waals surface area contributed by atoms with Crippen LogP contribution in [0.1, 0.15) is 13.8 Å². The molecule has 0 amide bonds. The Kier molecular flexibility index (Phi) is 4.06. The van der Waals surface area contributed by atoms with Crippen LogP contribution in [0.4, 0.5) is 5.82 Å². The Hall–Kier alpha value is -2.07. The molecular formula is C17H22N4. The standard InChI is InChI=1S/C17H22N4/c1-3-21(4-2)12-11-18-16-10-9-14-13-7-5-6-8-15(13)19-17(14)20-16/h5-10H,3-4,11-12H2,1-2H3,(H2,18,19,20). The second kappa shape index (κ2) is 6.14.